The Bertz CT molecular complexity index is 858. The highest BCUT2D eigenvalue weighted by molar-refractivity contribution is 6.39. The summed E-state index contributed by atoms with van der Waals surface area (Å²) in [7, 11) is 1.88. The highest BCUT2D eigenvalue weighted by atomic mass is 35.5. The lowest BCUT2D eigenvalue weighted by Crippen LogP contribution is -2.15. The maximum atomic E-state index is 6.45. The van der Waals surface area contributed by atoms with Crippen LogP contribution >= 0.6 is 23.2 Å². The van der Waals surface area contributed by atoms with Crippen LogP contribution in [0.5, 0.6) is 5.75 Å². The number of ether oxygens (including phenoxy) is 1. The first-order chi connectivity index (χ1) is 12.6. The molecule has 0 atom stereocenters. The fraction of sp³-hybridized carbons (Fsp3) is 0.176. The van der Waals surface area contributed by atoms with Gasteiger partial charge < -0.3 is 21.1 Å². The van der Waals surface area contributed by atoms with Crippen molar-refractivity contribution in [2.45, 2.75) is 0 Å². The predicted octanol–water partition coefficient (Wildman–Crippen LogP) is 3.70. The monoisotopic (exact) mass is 392 g/mol. The topological polar surface area (TPSA) is 101 Å². The number of halogens is 2. The average molecular weight is 393 g/mol. The Morgan fingerprint density at radius 1 is 1.15 bits per heavy atom. The largest absolute Gasteiger partial charge is 0.492 e. The van der Waals surface area contributed by atoms with E-state index in [1.165, 1.54) is 0 Å². The Hall–Kier alpha value is -2.48. The van der Waals surface area contributed by atoms with E-state index in [1.807, 2.05) is 31.3 Å². The van der Waals surface area contributed by atoms with Crippen molar-refractivity contribution in [3.63, 3.8) is 0 Å². The number of aromatic nitrogens is 3. The molecule has 0 fully saturated rings. The minimum Gasteiger partial charge on any atom is -0.492 e. The van der Waals surface area contributed by atoms with Gasteiger partial charge in [-0.15, -0.1) is 5.10 Å². The summed E-state index contributed by atoms with van der Waals surface area (Å²) in [6, 6.07) is 11.1. The van der Waals surface area contributed by atoms with Crippen LogP contribution in [-0.4, -0.2) is 35.4 Å². The molecule has 5 N–H and O–H groups in total. The lowest BCUT2D eigenvalue weighted by molar-refractivity contribution is 0.318. The summed E-state index contributed by atoms with van der Waals surface area (Å²) in [6.45, 7) is 1.38. The SMILES string of the molecule is CNCCOc1ccc(-c2c(Cl)cc(Nc3n[nH]c(N)n3)cc2Cl)cc1. The Kier molecular flexibility index (Phi) is 5.82. The molecule has 1 aromatic heterocycles. The van der Waals surface area contributed by atoms with E-state index in [-0.39, 0.29) is 5.95 Å². The van der Waals surface area contributed by atoms with E-state index in [0.29, 0.717) is 28.3 Å². The highest BCUT2D eigenvalue weighted by Crippen LogP contribution is 2.38. The van der Waals surface area contributed by atoms with Gasteiger partial charge in [0, 0.05) is 17.8 Å². The van der Waals surface area contributed by atoms with E-state index >= 15 is 0 Å². The highest BCUT2D eigenvalue weighted by Gasteiger charge is 2.12. The zero-order valence-electron chi connectivity index (χ0n) is 14.0. The van der Waals surface area contributed by atoms with Crippen molar-refractivity contribution < 1.29 is 4.74 Å². The molecule has 2 aromatic carbocycles. The van der Waals surface area contributed by atoms with Crippen LogP contribution in [0.2, 0.25) is 10.0 Å². The number of H-pyrrole nitrogens is 1. The summed E-state index contributed by atoms with van der Waals surface area (Å²) in [4.78, 5) is 3.98. The third-order valence-electron chi connectivity index (χ3n) is 3.56. The molecule has 0 saturated heterocycles. The number of hydrogen-bond donors (Lipinski definition) is 4. The molecular weight excluding hydrogens is 375 g/mol. The molecular formula is C17H18Cl2N6O. The van der Waals surface area contributed by atoms with Crippen LogP contribution in [0.15, 0.2) is 36.4 Å². The van der Waals surface area contributed by atoms with Crippen molar-refractivity contribution in [2.75, 3.05) is 31.2 Å². The van der Waals surface area contributed by atoms with Crippen LogP contribution in [-0.2, 0) is 0 Å². The molecule has 136 valence electrons. The van der Waals surface area contributed by atoms with Crippen molar-refractivity contribution in [1.29, 1.82) is 0 Å². The molecule has 3 rings (SSSR count). The number of rotatable bonds is 7. The van der Waals surface area contributed by atoms with Gasteiger partial charge in [0.2, 0.25) is 11.9 Å². The third-order valence-corrected chi connectivity index (χ3v) is 4.16. The van der Waals surface area contributed by atoms with E-state index in [2.05, 4.69) is 25.8 Å². The first-order valence-corrected chi connectivity index (χ1v) is 8.64. The smallest absolute Gasteiger partial charge is 0.248 e. The Morgan fingerprint density at radius 3 is 2.42 bits per heavy atom. The number of hydrogen-bond acceptors (Lipinski definition) is 6. The third kappa shape index (κ3) is 4.37. The molecule has 3 aromatic rings. The van der Waals surface area contributed by atoms with Gasteiger partial charge in [-0.3, -0.25) is 0 Å². The molecule has 0 amide bonds. The van der Waals surface area contributed by atoms with Gasteiger partial charge in [0.1, 0.15) is 12.4 Å². The molecule has 9 heteroatoms. The second kappa shape index (κ2) is 8.27. The van der Waals surface area contributed by atoms with Crippen molar-refractivity contribution in [3.8, 4) is 16.9 Å². The van der Waals surface area contributed by atoms with E-state index < -0.39 is 0 Å². The van der Waals surface area contributed by atoms with Gasteiger partial charge in [-0.1, -0.05) is 35.3 Å². The molecule has 0 aliphatic carbocycles. The first-order valence-electron chi connectivity index (χ1n) is 7.88. The summed E-state index contributed by atoms with van der Waals surface area (Å²) in [6.07, 6.45) is 0. The molecule has 7 nitrogen and oxygen atoms in total. The molecule has 26 heavy (non-hydrogen) atoms. The maximum Gasteiger partial charge on any atom is 0.248 e. The molecule has 0 bridgehead atoms. The van der Waals surface area contributed by atoms with Crippen molar-refractivity contribution in [3.05, 3.63) is 46.4 Å². The van der Waals surface area contributed by atoms with Crippen LogP contribution in [0.4, 0.5) is 17.6 Å². The van der Waals surface area contributed by atoms with Crippen LogP contribution in [0.1, 0.15) is 0 Å². The predicted molar refractivity (Wildman–Crippen MR) is 105 cm³/mol. The summed E-state index contributed by atoms with van der Waals surface area (Å²) < 4.78 is 5.62. The molecule has 1 heterocycles. The number of nitrogens with one attached hydrogen (secondary N) is 3. The minimum absolute atomic E-state index is 0.221. The number of nitrogens with zero attached hydrogens (tertiary/aromatic N) is 2. The Labute approximate surface area is 160 Å². The van der Waals surface area contributed by atoms with Gasteiger partial charge in [-0.25, -0.2) is 5.10 Å². The van der Waals surface area contributed by atoms with E-state index in [0.717, 1.165) is 23.4 Å². The Balaban J connectivity index is 1.79. The Morgan fingerprint density at radius 2 is 1.85 bits per heavy atom. The number of anilines is 3. The van der Waals surface area contributed by atoms with Crippen LogP contribution in [0.3, 0.4) is 0 Å². The zero-order valence-corrected chi connectivity index (χ0v) is 15.5. The number of nitrogen functional groups attached to an aromatic ring is 1. The second-order valence-electron chi connectivity index (χ2n) is 5.46. The second-order valence-corrected chi connectivity index (χ2v) is 6.27. The van der Waals surface area contributed by atoms with Crippen molar-refractivity contribution in [2.24, 2.45) is 0 Å². The fourth-order valence-corrected chi connectivity index (χ4v) is 3.07. The lowest BCUT2D eigenvalue weighted by Gasteiger charge is -2.12. The molecule has 0 aliphatic heterocycles. The number of nitrogens with two attached hydrogens (primary N) is 1. The summed E-state index contributed by atoms with van der Waals surface area (Å²) in [5.41, 5.74) is 7.81. The van der Waals surface area contributed by atoms with Crippen molar-refractivity contribution in [1.82, 2.24) is 20.5 Å². The van der Waals surface area contributed by atoms with Gasteiger partial charge in [0.25, 0.3) is 0 Å². The normalized spacial score (nSPS) is 10.7. The van der Waals surface area contributed by atoms with Gasteiger partial charge in [-0.05, 0) is 36.9 Å². The van der Waals surface area contributed by atoms with Gasteiger partial charge in [0.05, 0.1) is 10.0 Å². The standard InChI is InChI=1S/C17H18Cl2N6O/c1-21-6-7-26-12-4-2-10(3-5-12)15-13(18)8-11(9-14(15)19)22-17-23-16(20)24-25-17/h2-5,8-9,21H,6-7H2,1H3,(H4,20,22,23,24,25). The summed E-state index contributed by atoms with van der Waals surface area (Å²) >= 11 is 12.9. The van der Waals surface area contributed by atoms with Crippen molar-refractivity contribution >= 4 is 40.8 Å². The first kappa shape index (κ1) is 18.3. The molecule has 0 radical (unpaired) electrons. The fourth-order valence-electron chi connectivity index (χ4n) is 2.37. The average Bonchev–Trinajstić information content (AvgIpc) is 3.01. The summed E-state index contributed by atoms with van der Waals surface area (Å²) in [5, 5.41) is 13.5. The molecule has 0 unspecified atom stereocenters. The molecule has 0 spiro atoms. The molecule has 0 aliphatic rings. The quantitative estimate of drug-likeness (QED) is 0.457. The summed E-state index contributed by atoms with van der Waals surface area (Å²) in [5.74, 6) is 1.35. The van der Waals surface area contributed by atoms with Crippen LogP contribution < -0.4 is 21.1 Å². The number of benzene rings is 2. The van der Waals surface area contributed by atoms with E-state index in [9.17, 15) is 0 Å². The van der Waals surface area contributed by atoms with Gasteiger partial charge in [0.15, 0.2) is 0 Å². The number of likely N-dealkylation sites (N-methyl/N-ethyl adjacent to an activating group) is 1. The zero-order chi connectivity index (χ0) is 18.5. The van der Waals surface area contributed by atoms with E-state index in [4.69, 9.17) is 33.7 Å². The lowest BCUT2D eigenvalue weighted by atomic mass is 10.0. The molecule has 0 saturated carbocycles. The van der Waals surface area contributed by atoms with Gasteiger partial charge in [-0.2, -0.15) is 4.98 Å². The minimum atomic E-state index is 0.221. The van der Waals surface area contributed by atoms with Crippen LogP contribution in [0.25, 0.3) is 11.1 Å². The van der Waals surface area contributed by atoms with Crippen LogP contribution in [0, 0.1) is 0 Å². The van der Waals surface area contributed by atoms with Gasteiger partial charge >= 0.3 is 0 Å². The van der Waals surface area contributed by atoms with E-state index in [1.54, 1.807) is 12.1 Å². The number of aromatic amines is 1. The maximum absolute atomic E-state index is 6.45.